The highest BCUT2D eigenvalue weighted by molar-refractivity contribution is 8.04. The Labute approximate surface area is 68.1 Å². The van der Waals surface area contributed by atoms with Crippen molar-refractivity contribution in [2.75, 3.05) is 0 Å². The Bertz CT molecular complexity index is 154. The summed E-state index contributed by atoms with van der Waals surface area (Å²) < 4.78 is 0.472. The van der Waals surface area contributed by atoms with Crippen LogP contribution in [0.15, 0.2) is 11.0 Å². The van der Waals surface area contributed by atoms with Gasteiger partial charge in [0.2, 0.25) is 0 Å². The Hall–Kier alpha value is 0.0900. The Balaban J connectivity index is 2.55. The van der Waals surface area contributed by atoms with Crippen molar-refractivity contribution in [3.8, 4) is 0 Å². The van der Waals surface area contributed by atoms with Gasteiger partial charge in [-0.3, -0.25) is 0 Å². The lowest BCUT2D eigenvalue weighted by molar-refractivity contribution is 0.739. The maximum Gasteiger partial charge on any atom is 0.0182 e. The molecule has 0 saturated heterocycles. The molecule has 0 nitrogen and oxygen atoms in total. The van der Waals surface area contributed by atoms with Crippen molar-refractivity contribution in [2.24, 2.45) is 5.92 Å². The van der Waals surface area contributed by atoms with E-state index in [2.05, 4.69) is 33.8 Å². The molecule has 0 fully saturated rings. The van der Waals surface area contributed by atoms with Crippen LogP contribution >= 0.6 is 11.8 Å². The first kappa shape index (κ1) is 8.19. The van der Waals surface area contributed by atoms with Gasteiger partial charge < -0.3 is 0 Å². The molecule has 0 aromatic heterocycles. The minimum atomic E-state index is 0.472. The first-order chi connectivity index (χ1) is 4.51. The number of allylic oxidation sites excluding steroid dienone is 2. The predicted molar refractivity (Wildman–Crippen MR) is 49.2 cm³/mol. The zero-order valence-corrected chi connectivity index (χ0v) is 8.09. The summed E-state index contributed by atoms with van der Waals surface area (Å²) >= 11 is 2.04. The van der Waals surface area contributed by atoms with Gasteiger partial charge in [0, 0.05) is 4.75 Å². The van der Waals surface area contributed by atoms with Gasteiger partial charge >= 0.3 is 0 Å². The van der Waals surface area contributed by atoms with Crippen LogP contribution in [0.1, 0.15) is 34.1 Å². The van der Waals surface area contributed by atoms with Crippen LogP contribution in [-0.2, 0) is 0 Å². The summed E-state index contributed by atoms with van der Waals surface area (Å²) in [4.78, 5) is 1.57. The summed E-state index contributed by atoms with van der Waals surface area (Å²) in [5.41, 5.74) is 0. The summed E-state index contributed by atoms with van der Waals surface area (Å²) in [6, 6.07) is 0. The molecule has 0 aromatic rings. The van der Waals surface area contributed by atoms with Crippen LogP contribution in [0.25, 0.3) is 0 Å². The van der Waals surface area contributed by atoms with E-state index in [9.17, 15) is 0 Å². The first-order valence-electron chi connectivity index (χ1n) is 3.90. The summed E-state index contributed by atoms with van der Waals surface area (Å²) in [7, 11) is 0. The molecule has 1 aliphatic heterocycles. The van der Waals surface area contributed by atoms with Gasteiger partial charge in [0.15, 0.2) is 0 Å². The predicted octanol–water partition coefficient (Wildman–Crippen LogP) is 3.44. The lowest BCUT2D eigenvalue weighted by atomic mass is 10.1. The molecular weight excluding hydrogens is 140 g/mol. The maximum absolute atomic E-state index is 2.38. The van der Waals surface area contributed by atoms with Crippen LogP contribution in [0.3, 0.4) is 0 Å². The molecule has 0 atom stereocenters. The fourth-order valence-corrected chi connectivity index (χ4v) is 2.31. The van der Waals surface area contributed by atoms with Crippen molar-refractivity contribution >= 4 is 11.8 Å². The Kier molecular flexibility index (Phi) is 2.14. The Morgan fingerprint density at radius 2 is 2.10 bits per heavy atom. The third-order valence-electron chi connectivity index (χ3n) is 1.76. The van der Waals surface area contributed by atoms with Crippen molar-refractivity contribution in [2.45, 2.75) is 38.9 Å². The third-order valence-corrected chi connectivity index (χ3v) is 3.35. The quantitative estimate of drug-likeness (QED) is 0.560. The van der Waals surface area contributed by atoms with E-state index in [1.54, 1.807) is 4.91 Å². The molecule has 0 aromatic carbocycles. The first-order valence-corrected chi connectivity index (χ1v) is 4.72. The zero-order chi connectivity index (χ0) is 7.78. The van der Waals surface area contributed by atoms with Crippen LogP contribution in [0.4, 0.5) is 0 Å². The number of rotatable bonds is 1. The second-order valence-electron chi connectivity index (χ2n) is 3.83. The fourth-order valence-electron chi connectivity index (χ4n) is 1.10. The van der Waals surface area contributed by atoms with Gasteiger partial charge in [0.25, 0.3) is 0 Å². The average molecular weight is 156 g/mol. The standard InChI is InChI=1S/C9H16S/c1-7(2)8-5-6-9(3,4)10-8/h5,7H,6H2,1-4H3. The molecule has 1 rings (SSSR count). The van der Waals surface area contributed by atoms with Gasteiger partial charge in [-0.2, -0.15) is 0 Å². The van der Waals surface area contributed by atoms with Crippen molar-refractivity contribution in [3.63, 3.8) is 0 Å². The van der Waals surface area contributed by atoms with Crippen LogP contribution in [0.5, 0.6) is 0 Å². The number of hydrogen-bond donors (Lipinski definition) is 0. The molecule has 0 N–H and O–H groups in total. The van der Waals surface area contributed by atoms with Crippen molar-refractivity contribution in [1.29, 1.82) is 0 Å². The minimum absolute atomic E-state index is 0.472. The Morgan fingerprint density at radius 3 is 2.30 bits per heavy atom. The average Bonchev–Trinajstić information content (AvgIpc) is 2.10. The molecule has 58 valence electrons. The molecule has 0 radical (unpaired) electrons. The summed E-state index contributed by atoms with van der Waals surface area (Å²) in [5, 5.41) is 0. The summed E-state index contributed by atoms with van der Waals surface area (Å²) in [6.07, 6.45) is 3.63. The smallest absolute Gasteiger partial charge is 0.0182 e. The molecule has 1 aliphatic rings. The van der Waals surface area contributed by atoms with Gasteiger partial charge in [-0.1, -0.05) is 33.8 Å². The molecule has 0 spiro atoms. The molecular formula is C9H16S. The highest BCUT2D eigenvalue weighted by atomic mass is 32.2. The van der Waals surface area contributed by atoms with Gasteiger partial charge in [-0.05, 0) is 17.2 Å². The summed E-state index contributed by atoms with van der Waals surface area (Å²) in [6.45, 7) is 9.15. The maximum atomic E-state index is 2.38. The van der Waals surface area contributed by atoms with E-state index < -0.39 is 0 Å². The molecule has 1 heterocycles. The van der Waals surface area contributed by atoms with E-state index in [4.69, 9.17) is 0 Å². The van der Waals surface area contributed by atoms with Crippen LogP contribution in [0.2, 0.25) is 0 Å². The van der Waals surface area contributed by atoms with E-state index in [-0.39, 0.29) is 0 Å². The molecule has 10 heavy (non-hydrogen) atoms. The van der Waals surface area contributed by atoms with E-state index in [0.29, 0.717) is 4.75 Å². The van der Waals surface area contributed by atoms with Crippen molar-refractivity contribution < 1.29 is 0 Å². The summed E-state index contributed by atoms with van der Waals surface area (Å²) in [5.74, 6) is 0.728. The van der Waals surface area contributed by atoms with Crippen molar-refractivity contribution in [1.82, 2.24) is 0 Å². The van der Waals surface area contributed by atoms with Crippen LogP contribution in [-0.4, -0.2) is 4.75 Å². The highest BCUT2D eigenvalue weighted by Gasteiger charge is 2.26. The highest BCUT2D eigenvalue weighted by Crippen LogP contribution is 2.44. The van der Waals surface area contributed by atoms with E-state index in [1.807, 2.05) is 11.8 Å². The van der Waals surface area contributed by atoms with Gasteiger partial charge in [-0.25, -0.2) is 0 Å². The molecule has 1 heteroatoms. The lowest BCUT2D eigenvalue weighted by Gasteiger charge is -2.17. The fraction of sp³-hybridized carbons (Fsp3) is 0.778. The molecule has 0 saturated carbocycles. The normalized spacial score (nSPS) is 23.5. The second-order valence-corrected chi connectivity index (χ2v) is 5.61. The van der Waals surface area contributed by atoms with Gasteiger partial charge in [0.05, 0.1) is 0 Å². The van der Waals surface area contributed by atoms with Gasteiger partial charge in [-0.15, -0.1) is 11.8 Å². The van der Waals surface area contributed by atoms with E-state index in [1.165, 1.54) is 6.42 Å². The molecule has 0 unspecified atom stereocenters. The topological polar surface area (TPSA) is 0 Å². The Morgan fingerprint density at radius 1 is 1.50 bits per heavy atom. The molecule has 0 aliphatic carbocycles. The van der Waals surface area contributed by atoms with E-state index in [0.717, 1.165) is 5.92 Å². The van der Waals surface area contributed by atoms with Crippen molar-refractivity contribution in [3.05, 3.63) is 11.0 Å². The number of hydrogen-bond acceptors (Lipinski definition) is 1. The largest absolute Gasteiger partial charge is 0.124 e. The van der Waals surface area contributed by atoms with Crippen LogP contribution < -0.4 is 0 Å². The minimum Gasteiger partial charge on any atom is -0.124 e. The second kappa shape index (κ2) is 2.61. The molecule has 0 amide bonds. The molecule has 0 bridgehead atoms. The third kappa shape index (κ3) is 1.79. The van der Waals surface area contributed by atoms with Crippen LogP contribution in [0, 0.1) is 5.92 Å². The van der Waals surface area contributed by atoms with Gasteiger partial charge in [0.1, 0.15) is 0 Å². The zero-order valence-electron chi connectivity index (χ0n) is 7.27. The SMILES string of the molecule is CC(C)C1=CCC(C)(C)S1. The number of thioether (sulfide) groups is 1. The lowest BCUT2D eigenvalue weighted by Crippen LogP contribution is -2.08. The monoisotopic (exact) mass is 156 g/mol. The van der Waals surface area contributed by atoms with E-state index >= 15 is 0 Å².